The molecule has 0 amide bonds. The number of hydrogen-bond acceptors (Lipinski definition) is 0. The maximum absolute atomic E-state index is 2.33. The van der Waals surface area contributed by atoms with Crippen LogP contribution in [-0.2, 0) is 25.9 Å². The fourth-order valence-electron chi connectivity index (χ4n) is 2.53. The minimum Gasteiger partial charge on any atom is -1.00 e. The van der Waals surface area contributed by atoms with Crippen molar-refractivity contribution in [2.45, 2.75) is 32.6 Å². The first-order valence-corrected chi connectivity index (χ1v) is 6.49. The van der Waals surface area contributed by atoms with Gasteiger partial charge in [0, 0.05) is 0 Å². The third-order valence-electron chi connectivity index (χ3n) is 3.50. The molecule has 0 fully saturated rings. The number of hydrogen-bond donors (Lipinski definition) is 0. The quantitative estimate of drug-likeness (QED) is 0.469. The maximum Gasteiger partial charge on any atom is -1.00 e. The largest absolute Gasteiger partial charge is 1.00 e. The first-order chi connectivity index (χ1) is 7.53. The summed E-state index contributed by atoms with van der Waals surface area (Å²) in [5.74, 6) is 0. The number of allylic oxidation sites excluding steroid dienone is 4. The molecule has 1 aromatic rings. The molecule has 0 heterocycles. The Morgan fingerprint density at radius 3 is 2.11 bits per heavy atom. The molecule has 1 aromatic carbocycles. The van der Waals surface area contributed by atoms with Crippen molar-refractivity contribution in [1.29, 1.82) is 0 Å². The van der Waals surface area contributed by atoms with Crippen molar-refractivity contribution in [2.24, 2.45) is 0 Å². The van der Waals surface area contributed by atoms with E-state index in [2.05, 4.69) is 77.6 Å². The van der Waals surface area contributed by atoms with E-state index in [1.165, 1.54) is 15.0 Å². The van der Waals surface area contributed by atoms with E-state index in [1.54, 1.807) is 5.57 Å². The summed E-state index contributed by atoms with van der Waals surface area (Å²) < 4.78 is 1.44. The van der Waals surface area contributed by atoms with Gasteiger partial charge in [0.05, 0.1) is 0 Å². The van der Waals surface area contributed by atoms with E-state index < -0.39 is 0 Å². The monoisotopic (exact) mass is 350 g/mol. The van der Waals surface area contributed by atoms with Crippen LogP contribution >= 0.6 is 0 Å². The van der Waals surface area contributed by atoms with E-state index in [0.717, 1.165) is 6.42 Å². The minimum absolute atomic E-state index is 0. The normalized spacial score (nSPS) is 13.5. The zero-order valence-corrected chi connectivity index (χ0v) is 15.1. The summed E-state index contributed by atoms with van der Waals surface area (Å²) in [7, 11) is 0. The molecule has 0 bridgehead atoms. The number of benzene rings is 1. The van der Waals surface area contributed by atoms with Crippen LogP contribution in [0.1, 0.15) is 31.4 Å². The fourth-order valence-corrected chi connectivity index (χ4v) is 3.37. The summed E-state index contributed by atoms with van der Waals surface area (Å²) in [5.41, 5.74) is 4.55. The average Bonchev–Trinajstić information content (AvgIpc) is 2.65. The summed E-state index contributed by atoms with van der Waals surface area (Å²) in [5, 5.41) is 0. The van der Waals surface area contributed by atoms with Gasteiger partial charge in [-0.1, -0.05) is 0 Å². The zero-order valence-electron chi connectivity index (χ0n) is 11.3. The summed E-state index contributed by atoms with van der Waals surface area (Å²) in [6, 6.07) is 8.72. The Hall–Kier alpha value is 0.284. The zero-order chi connectivity index (χ0) is 11.8. The van der Waals surface area contributed by atoms with Crippen LogP contribution in [0.5, 0.6) is 0 Å². The van der Waals surface area contributed by atoms with Gasteiger partial charge in [-0.3, -0.25) is 0 Å². The Morgan fingerprint density at radius 2 is 1.63 bits per heavy atom. The van der Waals surface area contributed by atoms with Gasteiger partial charge < -0.3 is 37.2 Å². The third kappa shape index (κ3) is 4.38. The van der Waals surface area contributed by atoms with Crippen molar-refractivity contribution in [3.8, 4) is 0 Å². The standard InChI is InChI=1S/C15H17.3ClH.Ti/c1-12-8-4-7-11-14(12)15(2,3)13-9-5-6-10-13;;;;/h4-8,11H,9H2,1-3H3;3*1H;/q;;;;+3/p-3. The summed E-state index contributed by atoms with van der Waals surface area (Å²) >= 11 is 2.22. The van der Waals surface area contributed by atoms with Crippen molar-refractivity contribution in [3.63, 3.8) is 0 Å². The molecule has 0 radical (unpaired) electrons. The Morgan fingerprint density at radius 1 is 1.05 bits per heavy atom. The van der Waals surface area contributed by atoms with E-state index in [1.807, 2.05) is 0 Å². The van der Waals surface area contributed by atoms with E-state index in [0.29, 0.717) is 0 Å². The SMILES string of the molecule is Cc1ccccc1C(C)(C)C1=[C]([Ti+3])C=CC1.[Cl-].[Cl-].[Cl-]. The van der Waals surface area contributed by atoms with Gasteiger partial charge in [-0.25, -0.2) is 0 Å². The van der Waals surface area contributed by atoms with Gasteiger partial charge >= 0.3 is 110 Å². The molecule has 0 aliphatic heterocycles. The van der Waals surface area contributed by atoms with Crippen LogP contribution in [0, 0.1) is 6.92 Å². The second-order valence-electron chi connectivity index (χ2n) is 4.94. The molecular weight excluding hydrogens is 334 g/mol. The first-order valence-electron chi connectivity index (χ1n) is 5.71. The summed E-state index contributed by atoms with van der Waals surface area (Å²) in [6.45, 7) is 6.87. The molecule has 0 aromatic heterocycles. The molecule has 0 nitrogen and oxygen atoms in total. The second kappa shape index (κ2) is 8.54. The Kier molecular flexibility index (Phi) is 9.70. The number of aryl methyl sites for hydroxylation is 1. The topological polar surface area (TPSA) is 0 Å². The third-order valence-corrected chi connectivity index (χ3v) is 4.24. The smallest absolute Gasteiger partial charge is 1.00 e. The molecule has 4 heteroatoms. The van der Waals surface area contributed by atoms with E-state index in [-0.39, 0.29) is 42.6 Å². The number of halogens is 3. The molecule has 0 saturated carbocycles. The van der Waals surface area contributed by atoms with Gasteiger partial charge in [0.15, 0.2) is 0 Å². The molecule has 0 unspecified atom stereocenters. The molecule has 0 saturated heterocycles. The van der Waals surface area contributed by atoms with Crippen LogP contribution in [0.4, 0.5) is 0 Å². The van der Waals surface area contributed by atoms with Crippen LogP contribution in [-0.4, -0.2) is 0 Å². The van der Waals surface area contributed by atoms with Crippen LogP contribution in [0.25, 0.3) is 0 Å². The number of rotatable bonds is 2. The van der Waals surface area contributed by atoms with Crippen LogP contribution < -0.4 is 37.2 Å². The van der Waals surface area contributed by atoms with Gasteiger partial charge in [0.1, 0.15) is 0 Å². The van der Waals surface area contributed by atoms with Gasteiger partial charge in [-0.15, -0.1) is 0 Å². The summed E-state index contributed by atoms with van der Waals surface area (Å²) in [4.78, 5) is 0. The van der Waals surface area contributed by atoms with E-state index in [4.69, 9.17) is 0 Å². The van der Waals surface area contributed by atoms with Gasteiger partial charge in [-0.05, 0) is 0 Å². The average molecular weight is 352 g/mol. The molecule has 1 aliphatic carbocycles. The molecule has 0 N–H and O–H groups in total. The van der Waals surface area contributed by atoms with Crippen molar-refractivity contribution in [3.05, 3.63) is 57.0 Å². The summed E-state index contributed by atoms with van der Waals surface area (Å²) in [6.07, 6.45) is 5.62. The van der Waals surface area contributed by atoms with Crippen LogP contribution in [0.3, 0.4) is 0 Å². The van der Waals surface area contributed by atoms with Gasteiger partial charge in [0.25, 0.3) is 0 Å². The van der Waals surface area contributed by atoms with Crippen LogP contribution in [0.15, 0.2) is 45.9 Å². The predicted molar refractivity (Wildman–Crippen MR) is 65.0 cm³/mol. The van der Waals surface area contributed by atoms with Crippen molar-refractivity contribution in [2.75, 3.05) is 0 Å². The molecule has 1 aliphatic rings. The molecule has 0 atom stereocenters. The van der Waals surface area contributed by atoms with E-state index >= 15 is 0 Å². The van der Waals surface area contributed by atoms with Crippen molar-refractivity contribution >= 4 is 0 Å². The van der Waals surface area contributed by atoms with Crippen molar-refractivity contribution in [1.82, 2.24) is 0 Å². The van der Waals surface area contributed by atoms with E-state index in [9.17, 15) is 0 Å². The minimum atomic E-state index is 0. The molecule has 102 valence electrons. The van der Waals surface area contributed by atoms with Gasteiger partial charge in [0.2, 0.25) is 0 Å². The Balaban J connectivity index is 0. The van der Waals surface area contributed by atoms with Crippen molar-refractivity contribution < 1.29 is 57.7 Å². The fraction of sp³-hybridized carbons (Fsp3) is 0.333. The van der Waals surface area contributed by atoms with Crippen LogP contribution in [0.2, 0.25) is 0 Å². The second-order valence-corrected chi connectivity index (χ2v) is 5.78. The Bertz CT molecular complexity index is 476. The first kappa shape index (κ1) is 21.6. The van der Waals surface area contributed by atoms with Gasteiger partial charge in [-0.2, -0.15) is 0 Å². The molecular formula is C15H17Cl3Ti. The molecule has 0 spiro atoms. The molecule has 19 heavy (non-hydrogen) atoms. The Labute approximate surface area is 146 Å². The maximum atomic E-state index is 2.33. The predicted octanol–water partition coefficient (Wildman–Crippen LogP) is -4.95. The molecule has 2 rings (SSSR count).